The molecule has 3 saturated heterocycles. The van der Waals surface area contributed by atoms with E-state index in [9.17, 15) is 4.79 Å². The molecule has 4 rings (SSSR count). The molecule has 6 nitrogen and oxygen atoms in total. The van der Waals surface area contributed by atoms with E-state index in [0.717, 1.165) is 32.5 Å². The van der Waals surface area contributed by atoms with Gasteiger partial charge in [-0.25, -0.2) is 4.79 Å². The molecule has 0 aliphatic carbocycles. The number of piperidine rings is 3. The summed E-state index contributed by atoms with van der Waals surface area (Å²) in [4.78, 5) is 14.9. The summed E-state index contributed by atoms with van der Waals surface area (Å²) in [6.45, 7) is 3.06. The summed E-state index contributed by atoms with van der Waals surface area (Å²) in [5.41, 5.74) is 0.413. The molecule has 1 aromatic rings. The van der Waals surface area contributed by atoms with Gasteiger partial charge >= 0.3 is 5.97 Å². The van der Waals surface area contributed by atoms with Crippen LogP contribution in [0.1, 0.15) is 23.2 Å². The molecule has 3 aliphatic rings. The van der Waals surface area contributed by atoms with Gasteiger partial charge in [-0.15, -0.1) is 0 Å². The van der Waals surface area contributed by atoms with Crippen LogP contribution >= 0.6 is 0 Å². The minimum atomic E-state index is -0.344. The van der Waals surface area contributed by atoms with Gasteiger partial charge < -0.3 is 18.9 Å². The Morgan fingerprint density at radius 2 is 1.65 bits per heavy atom. The van der Waals surface area contributed by atoms with Crippen molar-refractivity contribution in [2.24, 2.45) is 5.92 Å². The molecule has 0 aromatic heterocycles. The summed E-state index contributed by atoms with van der Waals surface area (Å²) in [6.07, 6.45) is 2.18. The SMILES string of the molecule is COc1cc(C(=O)OC2CN3CCC2CC3)cc(OC)c1OC. The Kier molecular flexibility index (Phi) is 4.61. The summed E-state index contributed by atoms with van der Waals surface area (Å²) >= 11 is 0. The number of esters is 1. The predicted octanol–water partition coefficient (Wildman–Crippen LogP) is 1.96. The summed E-state index contributed by atoms with van der Waals surface area (Å²) in [5, 5.41) is 0. The Bertz CT molecular complexity index is 555. The first kappa shape index (κ1) is 15.9. The van der Waals surface area contributed by atoms with Crippen molar-refractivity contribution >= 4 is 5.97 Å². The van der Waals surface area contributed by atoms with Crippen LogP contribution in [0.25, 0.3) is 0 Å². The Balaban J connectivity index is 1.79. The lowest BCUT2D eigenvalue weighted by molar-refractivity contribution is -0.0456. The van der Waals surface area contributed by atoms with E-state index in [1.807, 2.05) is 0 Å². The van der Waals surface area contributed by atoms with Crippen molar-refractivity contribution in [1.82, 2.24) is 4.90 Å². The zero-order valence-corrected chi connectivity index (χ0v) is 13.8. The Morgan fingerprint density at radius 1 is 1.04 bits per heavy atom. The molecule has 1 unspecified atom stereocenters. The number of fused-ring (bicyclic) bond motifs is 3. The monoisotopic (exact) mass is 321 g/mol. The van der Waals surface area contributed by atoms with Crippen LogP contribution in [0.3, 0.4) is 0 Å². The molecule has 2 bridgehead atoms. The average molecular weight is 321 g/mol. The molecular formula is C17H23NO5. The van der Waals surface area contributed by atoms with Crippen LogP contribution in [0.4, 0.5) is 0 Å². The topological polar surface area (TPSA) is 57.2 Å². The summed E-state index contributed by atoms with van der Waals surface area (Å²) in [5.74, 6) is 1.50. The van der Waals surface area contributed by atoms with Crippen molar-refractivity contribution in [1.29, 1.82) is 0 Å². The fourth-order valence-electron chi connectivity index (χ4n) is 3.45. The zero-order chi connectivity index (χ0) is 16.4. The lowest BCUT2D eigenvalue weighted by atomic mass is 9.86. The standard InChI is InChI=1S/C17H23NO5/c1-20-13-8-12(9-14(21-2)16(13)22-3)17(19)23-15-10-18-6-4-11(15)5-7-18/h8-9,11,15H,4-7,10H2,1-3H3. The van der Waals surface area contributed by atoms with Crippen LogP contribution in [0.15, 0.2) is 12.1 Å². The van der Waals surface area contributed by atoms with Gasteiger partial charge in [-0.1, -0.05) is 0 Å². The smallest absolute Gasteiger partial charge is 0.338 e. The minimum Gasteiger partial charge on any atom is -0.493 e. The van der Waals surface area contributed by atoms with E-state index in [2.05, 4.69) is 4.90 Å². The maximum Gasteiger partial charge on any atom is 0.338 e. The van der Waals surface area contributed by atoms with Gasteiger partial charge in [-0.2, -0.15) is 0 Å². The van der Waals surface area contributed by atoms with Crippen molar-refractivity contribution < 1.29 is 23.7 Å². The van der Waals surface area contributed by atoms with Crippen LogP contribution in [0, 0.1) is 5.92 Å². The first-order valence-electron chi connectivity index (χ1n) is 7.89. The second-order valence-corrected chi connectivity index (χ2v) is 6.00. The van der Waals surface area contributed by atoms with E-state index in [0.29, 0.717) is 28.7 Å². The predicted molar refractivity (Wildman–Crippen MR) is 84.5 cm³/mol. The van der Waals surface area contributed by atoms with Crippen molar-refractivity contribution in [2.75, 3.05) is 41.0 Å². The molecule has 3 aliphatic heterocycles. The quantitative estimate of drug-likeness (QED) is 0.773. The van der Waals surface area contributed by atoms with Crippen molar-refractivity contribution in [2.45, 2.75) is 18.9 Å². The van der Waals surface area contributed by atoms with E-state index in [1.54, 1.807) is 12.1 Å². The fraction of sp³-hybridized carbons (Fsp3) is 0.588. The zero-order valence-electron chi connectivity index (χ0n) is 13.8. The molecule has 0 saturated carbocycles. The third-order valence-electron chi connectivity index (χ3n) is 4.76. The van der Waals surface area contributed by atoms with Crippen LogP contribution in [-0.4, -0.2) is 57.9 Å². The summed E-state index contributed by atoms with van der Waals surface area (Å²) in [7, 11) is 4.59. The highest BCUT2D eigenvalue weighted by Crippen LogP contribution is 2.38. The number of hydrogen-bond acceptors (Lipinski definition) is 6. The van der Waals surface area contributed by atoms with E-state index in [-0.39, 0.29) is 12.1 Å². The second-order valence-electron chi connectivity index (χ2n) is 6.00. The van der Waals surface area contributed by atoms with Gasteiger partial charge in [-0.3, -0.25) is 4.90 Å². The number of benzene rings is 1. The van der Waals surface area contributed by atoms with Gasteiger partial charge in [0.25, 0.3) is 0 Å². The molecular weight excluding hydrogens is 298 g/mol. The second kappa shape index (κ2) is 6.66. The highest BCUT2D eigenvalue weighted by Gasteiger charge is 2.36. The number of carbonyl (C=O) groups excluding carboxylic acids is 1. The van der Waals surface area contributed by atoms with Crippen molar-refractivity contribution in [3.8, 4) is 17.2 Å². The first-order valence-corrected chi connectivity index (χ1v) is 7.89. The molecule has 6 heteroatoms. The van der Waals surface area contributed by atoms with Gasteiger partial charge in [0, 0.05) is 6.54 Å². The molecule has 1 atom stereocenters. The number of carbonyl (C=O) groups is 1. The number of hydrogen-bond donors (Lipinski definition) is 0. The molecule has 126 valence electrons. The van der Waals surface area contributed by atoms with Crippen LogP contribution in [-0.2, 0) is 4.74 Å². The number of rotatable bonds is 5. The van der Waals surface area contributed by atoms with Crippen LogP contribution < -0.4 is 14.2 Å². The van der Waals surface area contributed by atoms with Gasteiger partial charge in [-0.05, 0) is 44.0 Å². The largest absolute Gasteiger partial charge is 0.493 e. The lowest BCUT2D eigenvalue weighted by Crippen LogP contribution is -2.51. The first-order chi connectivity index (χ1) is 11.2. The molecule has 1 aromatic carbocycles. The van der Waals surface area contributed by atoms with E-state index < -0.39 is 0 Å². The number of ether oxygens (including phenoxy) is 4. The molecule has 3 heterocycles. The average Bonchev–Trinajstić information content (AvgIpc) is 2.61. The van der Waals surface area contributed by atoms with Gasteiger partial charge in [0.1, 0.15) is 6.10 Å². The number of methoxy groups -OCH3 is 3. The molecule has 0 N–H and O–H groups in total. The van der Waals surface area contributed by atoms with Crippen molar-refractivity contribution in [3.63, 3.8) is 0 Å². The summed E-state index contributed by atoms with van der Waals surface area (Å²) < 4.78 is 21.6. The number of nitrogens with zero attached hydrogens (tertiary/aromatic N) is 1. The normalized spacial score (nSPS) is 25.8. The van der Waals surface area contributed by atoms with E-state index in [1.165, 1.54) is 21.3 Å². The molecule has 3 fully saturated rings. The molecule has 0 spiro atoms. The van der Waals surface area contributed by atoms with Gasteiger partial charge in [0.15, 0.2) is 11.5 Å². The maximum absolute atomic E-state index is 12.5. The molecule has 23 heavy (non-hydrogen) atoms. The Morgan fingerprint density at radius 3 is 2.09 bits per heavy atom. The third-order valence-corrected chi connectivity index (χ3v) is 4.76. The lowest BCUT2D eigenvalue weighted by Gasteiger charge is -2.43. The van der Waals surface area contributed by atoms with Crippen LogP contribution in [0.5, 0.6) is 17.2 Å². The Labute approximate surface area is 136 Å². The van der Waals surface area contributed by atoms with Gasteiger partial charge in [0.05, 0.1) is 26.9 Å². The Hall–Kier alpha value is -1.95. The van der Waals surface area contributed by atoms with E-state index >= 15 is 0 Å². The maximum atomic E-state index is 12.5. The minimum absolute atomic E-state index is 0.0240. The van der Waals surface area contributed by atoms with Gasteiger partial charge in [0.2, 0.25) is 5.75 Å². The van der Waals surface area contributed by atoms with E-state index in [4.69, 9.17) is 18.9 Å². The third kappa shape index (κ3) is 3.08. The fourth-order valence-corrected chi connectivity index (χ4v) is 3.45. The molecule has 0 radical (unpaired) electrons. The van der Waals surface area contributed by atoms with Crippen molar-refractivity contribution in [3.05, 3.63) is 17.7 Å². The van der Waals surface area contributed by atoms with Crippen LogP contribution in [0.2, 0.25) is 0 Å². The highest BCUT2D eigenvalue weighted by molar-refractivity contribution is 5.91. The summed E-state index contributed by atoms with van der Waals surface area (Å²) in [6, 6.07) is 3.26. The molecule has 0 amide bonds. The highest BCUT2D eigenvalue weighted by atomic mass is 16.5.